The summed E-state index contributed by atoms with van der Waals surface area (Å²) in [5.41, 5.74) is 1.35. The van der Waals surface area contributed by atoms with E-state index < -0.39 is 5.97 Å². The first kappa shape index (κ1) is 12.3. The molecule has 0 aliphatic heterocycles. The van der Waals surface area contributed by atoms with Crippen molar-refractivity contribution in [3.8, 4) is 17.1 Å². The van der Waals surface area contributed by atoms with Crippen molar-refractivity contribution >= 4 is 16.9 Å². The zero-order valence-electron chi connectivity index (χ0n) is 10.8. The first-order valence-corrected chi connectivity index (χ1v) is 6.10. The highest BCUT2D eigenvalue weighted by molar-refractivity contribution is 6.10. The molecule has 0 saturated carbocycles. The molecule has 0 bridgehead atoms. The topological polar surface area (TPSA) is 59.7 Å². The zero-order chi connectivity index (χ0) is 14.1. The summed E-state index contributed by atoms with van der Waals surface area (Å²) in [5, 5.41) is 10.0. The van der Waals surface area contributed by atoms with Gasteiger partial charge in [0.2, 0.25) is 0 Å². The number of carboxylic acid groups (broad SMARTS) is 1. The highest BCUT2D eigenvalue weighted by atomic mass is 16.5. The van der Waals surface area contributed by atoms with Gasteiger partial charge in [-0.2, -0.15) is 0 Å². The third-order valence-corrected chi connectivity index (χ3v) is 3.15. The smallest absolute Gasteiger partial charge is 0.340 e. The van der Waals surface area contributed by atoms with Gasteiger partial charge in [-0.05, 0) is 12.1 Å². The second-order valence-corrected chi connectivity index (χ2v) is 4.31. The molecule has 1 heterocycles. The number of methoxy groups -OCH3 is 1. The first-order valence-electron chi connectivity index (χ1n) is 6.10. The molecule has 20 heavy (non-hydrogen) atoms. The molecule has 2 aromatic carbocycles. The largest absolute Gasteiger partial charge is 0.496 e. The van der Waals surface area contributed by atoms with Crippen LogP contribution in [0.5, 0.6) is 5.75 Å². The van der Waals surface area contributed by atoms with Crippen LogP contribution in [0.15, 0.2) is 52.9 Å². The summed E-state index contributed by atoms with van der Waals surface area (Å²) in [6.45, 7) is 0. The Morgan fingerprint density at radius 3 is 2.50 bits per heavy atom. The number of ether oxygens (including phenoxy) is 1. The fraction of sp³-hybridized carbons (Fsp3) is 0.0625. The van der Waals surface area contributed by atoms with Crippen molar-refractivity contribution < 1.29 is 19.1 Å². The fourth-order valence-electron chi connectivity index (χ4n) is 2.28. The van der Waals surface area contributed by atoms with Crippen LogP contribution < -0.4 is 4.74 Å². The van der Waals surface area contributed by atoms with Gasteiger partial charge >= 0.3 is 5.97 Å². The molecular formula is C16H12O4. The number of furan rings is 1. The van der Waals surface area contributed by atoms with Crippen molar-refractivity contribution in [3.05, 3.63) is 54.1 Å². The number of hydrogen-bond donors (Lipinski definition) is 1. The molecule has 4 nitrogen and oxygen atoms in total. The molecule has 0 aliphatic carbocycles. The molecule has 4 heteroatoms. The highest BCUT2D eigenvalue weighted by Crippen LogP contribution is 2.38. The standard InChI is InChI=1S/C16H12O4/c1-19-11-8-5-9-12-13(11)14(16(17)18)15(20-12)10-6-3-2-4-7-10/h2-9H,1H3,(H,17,18). The van der Waals surface area contributed by atoms with E-state index in [9.17, 15) is 9.90 Å². The fourth-order valence-corrected chi connectivity index (χ4v) is 2.28. The molecule has 0 radical (unpaired) electrons. The Hall–Kier alpha value is -2.75. The van der Waals surface area contributed by atoms with Gasteiger partial charge in [0, 0.05) is 5.56 Å². The number of carbonyl (C=O) groups is 1. The summed E-state index contributed by atoms with van der Waals surface area (Å²) in [6, 6.07) is 14.4. The van der Waals surface area contributed by atoms with Gasteiger partial charge < -0.3 is 14.3 Å². The van der Waals surface area contributed by atoms with Gasteiger partial charge in [-0.3, -0.25) is 0 Å². The Kier molecular flexibility index (Phi) is 2.91. The lowest BCUT2D eigenvalue weighted by molar-refractivity contribution is 0.0699. The lowest BCUT2D eigenvalue weighted by Gasteiger charge is -2.01. The van der Waals surface area contributed by atoms with Gasteiger partial charge in [0.25, 0.3) is 0 Å². The molecule has 3 rings (SSSR count). The van der Waals surface area contributed by atoms with Gasteiger partial charge in [-0.1, -0.05) is 36.4 Å². The van der Waals surface area contributed by atoms with Gasteiger partial charge in [0.05, 0.1) is 12.5 Å². The zero-order valence-corrected chi connectivity index (χ0v) is 10.8. The molecule has 0 atom stereocenters. The molecule has 0 spiro atoms. The minimum absolute atomic E-state index is 0.128. The first-order chi connectivity index (χ1) is 9.72. The third-order valence-electron chi connectivity index (χ3n) is 3.15. The molecule has 0 unspecified atom stereocenters. The maximum absolute atomic E-state index is 11.6. The monoisotopic (exact) mass is 268 g/mol. The summed E-state index contributed by atoms with van der Waals surface area (Å²) in [7, 11) is 1.51. The predicted molar refractivity (Wildman–Crippen MR) is 75.2 cm³/mol. The van der Waals surface area contributed by atoms with Crippen molar-refractivity contribution in [2.24, 2.45) is 0 Å². The van der Waals surface area contributed by atoms with Crippen LogP contribution in [0.3, 0.4) is 0 Å². The Labute approximate surface area is 115 Å². The maximum atomic E-state index is 11.6. The number of aromatic carboxylic acids is 1. The molecular weight excluding hydrogens is 256 g/mol. The van der Waals surface area contributed by atoms with E-state index in [1.54, 1.807) is 18.2 Å². The van der Waals surface area contributed by atoms with E-state index in [0.29, 0.717) is 22.5 Å². The number of fused-ring (bicyclic) bond motifs is 1. The van der Waals surface area contributed by atoms with E-state index >= 15 is 0 Å². The Balaban J connectivity index is 2.39. The van der Waals surface area contributed by atoms with Crippen LogP contribution in [-0.2, 0) is 0 Å². The van der Waals surface area contributed by atoms with Crippen LogP contribution in [0.25, 0.3) is 22.3 Å². The molecule has 1 aromatic heterocycles. The van der Waals surface area contributed by atoms with Crippen LogP contribution in [0, 0.1) is 0 Å². The minimum atomic E-state index is -1.04. The maximum Gasteiger partial charge on any atom is 0.340 e. The minimum Gasteiger partial charge on any atom is -0.496 e. The van der Waals surface area contributed by atoms with E-state index in [4.69, 9.17) is 9.15 Å². The van der Waals surface area contributed by atoms with Crippen molar-refractivity contribution in [1.29, 1.82) is 0 Å². The van der Waals surface area contributed by atoms with Crippen molar-refractivity contribution in [1.82, 2.24) is 0 Å². The van der Waals surface area contributed by atoms with Crippen LogP contribution in [-0.4, -0.2) is 18.2 Å². The van der Waals surface area contributed by atoms with Crippen LogP contribution in [0.1, 0.15) is 10.4 Å². The van der Waals surface area contributed by atoms with E-state index in [1.807, 2.05) is 30.3 Å². The molecule has 1 N–H and O–H groups in total. The Bertz CT molecular complexity index is 772. The SMILES string of the molecule is COc1cccc2oc(-c3ccccc3)c(C(=O)O)c12. The lowest BCUT2D eigenvalue weighted by atomic mass is 10.1. The summed E-state index contributed by atoms with van der Waals surface area (Å²) in [4.78, 5) is 11.6. The molecule has 0 aliphatic rings. The molecule has 3 aromatic rings. The van der Waals surface area contributed by atoms with Crippen LogP contribution in [0.4, 0.5) is 0 Å². The van der Waals surface area contributed by atoms with Crippen LogP contribution >= 0.6 is 0 Å². The van der Waals surface area contributed by atoms with E-state index in [2.05, 4.69) is 0 Å². The molecule has 100 valence electrons. The number of rotatable bonds is 3. The van der Waals surface area contributed by atoms with E-state index in [1.165, 1.54) is 7.11 Å². The number of benzene rings is 2. The van der Waals surface area contributed by atoms with Gasteiger partial charge in [-0.15, -0.1) is 0 Å². The summed E-state index contributed by atoms with van der Waals surface area (Å²) >= 11 is 0. The van der Waals surface area contributed by atoms with Crippen molar-refractivity contribution in [3.63, 3.8) is 0 Å². The van der Waals surface area contributed by atoms with Gasteiger partial charge in [0.15, 0.2) is 0 Å². The molecule has 0 amide bonds. The summed E-state index contributed by atoms with van der Waals surface area (Å²) in [5.74, 6) is -0.199. The van der Waals surface area contributed by atoms with Crippen LogP contribution in [0.2, 0.25) is 0 Å². The van der Waals surface area contributed by atoms with Gasteiger partial charge in [0.1, 0.15) is 22.7 Å². The lowest BCUT2D eigenvalue weighted by Crippen LogP contribution is -1.98. The average Bonchev–Trinajstić information content (AvgIpc) is 2.87. The van der Waals surface area contributed by atoms with Crippen molar-refractivity contribution in [2.75, 3.05) is 7.11 Å². The second-order valence-electron chi connectivity index (χ2n) is 4.31. The second kappa shape index (κ2) is 4.74. The Morgan fingerprint density at radius 2 is 1.85 bits per heavy atom. The third kappa shape index (κ3) is 1.82. The van der Waals surface area contributed by atoms with E-state index in [-0.39, 0.29) is 5.56 Å². The normalized spacial score (nSPS) is 10.7. The molecule has 0 saturated heterocycles. The summed E-state index contributed by atoms with van der Waals surface area (Å²) in [6.07, 6.45) is 0. The number of hydrogen-bond acceptors (Lipinski definition) is 3. The van der Waals surface area contributed by atoms with Gasteiger partial charge in [-0.25, -0.2) is 4.79 Å². The molecule has 0 fully saturated rings. The summed E-state index contributed by atoms with van der Waals surface area (Å²) < 4.78 is 11.0. The predicted octanol–water partition coefficient (Wildman–Crippen LogP) is 3.81. The highest BCUT2D eigenvalue weighted by Gasteiger charge is 2.24. The average molecular weight is 268 g/mol. The van der Waals surface area contributed by atoms with Crippen molar-refractivity contribution in [2.45, 2.75) is 0 Å². The quantitative estimate of drug-likeness (QED) is 0.784. The Morgan fingerprint density at radius 1 is 1.10 bits per heavy atom. The van der Waals surface area contributed by atoms with E-state index in [0.717, 1.165) is 5.56 Å². The number of carboxylic acids is 1.